The van der Waals surface area contributed by atoms with Crippen LogP contribution in [-0.2, 0) is 20.7 Å². The predicted molar refractivity (Wildman–Crippen MR) is 115 cm³/mol. The SMILES string of the molecule is COC(=O)C[C@H]1SC(=Nc2ccccc2)N(CCc2c[nH]c3ccccc23)C1=O. The molecule has 1 amide bonds. The number of aromatic amines is 1. The zero-order chi connectivity index (χ0) is 20.2. The second-order valence-electron chi connectivity index (χ2n) is 6.72. The third-order valence-electron chi connectivity index (χ3n) is 4.86. The van der Waals surface area contributed by atoms with Gasteiger partial charge in [-0.2, -0.15) is 0 Å². The first-order chi connectivity index (χ1) is 14.2. The molecule has 0 aliphatic carbocycles. The first-order valence-electron chi connectivity index (χ1n) is 9.39. The maximum atomic E-state index is 13.0. The summed E-state index contributed by atoms with van der Waals surface area (Å²) in [5.41, 5.74) is 3.00. The normalized spacial score (nSPS) is 18.0. The third-order valence-corrected chi connectivity index (χ3v) is 6.04. The molecule has 6 nitrogen and oxygen atoms in total. The van der Waals surface area contributed by atoms with Gasteiger partial charge in [0.1, 0.15) is 5.25 Å². The van der Waals surface area contributed by atoms with E-state index in [2.05, 4.69) is 16.0 Å². The van der Waals surface area contributed by atoms with Crippen LogP contribution >= 0.6 is 11.8 Å². The molecule has 1 saturated heterocycles. The minimum Gasteiger partial charge on any atom is -0.469 e. The van der Waals surface area contributed by atoms with Gasteiger partial charge in [-0.1, -0.05) is 48.2 Å². The molecule has 1 atom stereocenters. The van der Waals surface area contributed by atoms with Crippen molar-refractivity contribution < 1.29 is 14.3 Å². The van der Waals surface area contributed by atoms with Crippen LogP contribution in [0, 0.1) is 0 Å². The van der Waals surface area contributed by atoms with E-state index in [1.54, 1.807) is 4.90 Å². The summed E-state index contributed by atoms with van der Waals surface area (Å²) in [6.45, 7) is 0.497. The summed E-state index contributed by atoms with van der Waals surface area (Å²) in [6, 6.07) is 17.6. The quantitative estimate of drug-likeness (QED) is 0.629. The van der Waals surface area contributed by atoms with Crippen molar-refractivity contribution >= 4 is 45.4 Å². The Labute approximate surface area is 173 Å². The maximum absolute atomic E-state index is 13.0. The monoisotopic (exact) mass is 407 g/mol. The number of nitrogens with zero attached hydrogens (tertiary/aromatic N) is 2. The Morgan fingerprint density at radius 2 is 1.93 bits per heavy atom. The number of rotatable bonds is 6. The van der Waals surface area contributed by atoms with E-state index in [4.69, 9.17) is 4.74 Å². The number of nitrogens with one attached hydrogen (secondary N) is 1. The first kappa shape index (κ1) is 19.3. The summed E-state index contributed by atoms with van der Waals surface area (Å²) in [4.78, 5) is 34.3. The van der Waals surface area contributed by atoms with E-state index in [0.717, 1.165) is 22.2 Å². The Hall–Kier alpha value is -3.06. The first-order valence-corrected chi connectivity index (χ1v) is 10.3. The molecule has 1 aliphatic heterocycles. The number of hydrogen-bond acceptors (Lipinski definition) is 5. The van der Waals surface area contributed by atoms with Gasteiger partial charge < -0.3 is 9.72 Å². The van der Waals surface area contributed by atoms with Gasteiger partial charge in [0.15, 0.2) is 5.17 Å². The lowest BCUT2D eigenvalue weighted by atomic mass is 10.1. The van der Waals surface area contributed by atoms with Gasteiger partial charge >= 0.3 is 5.97 Å². The smallest absolute Gasteiger partial charge is 0.307 e. The van der Waals surface area contributed by atoms with E-state index in [0.29, 0.717) is 18.1 Å². The van der Waals surface area contributed by atoms with Crippen LogP contribution in [0.4, 0.5) is 5.69 Å². The number of hydrogen-bond donors (Lipinski definition) is 1. The van der Waals surface area contributed by atoms with Gasteiger partial charge in [0.2, 0.25) is 5.91 Å². The standard InChI is InChI=1S/C22H21N3O3S/c1-28-20(26)13-19-21(27)25(22(29-19)24-16-7-3-2-4-8-16)12-11-15-14-23-18-10-6-5-9-17(15)18/h2-10,14,19,23H,11-13H2,1H3/t19-/m1/s1. The molecule has 1 aliphatic rings. The van der Waals surface area contributed by atoms with E-state index in [1.165, 1.54) is 18.9 Å². The molecule has 7 heteroatoms. The average Bonchev–Trinajstić information content (AvgIpc) is 3.28. The van der Waals surface area contributed by atoms with Crippen molar-refractivity contribution in [1.82, 2.24) is 9.88 Å². The minimum atomic E-state index is -0.507. The fourth-order valence-corrected chi connectivity index (χ4v) is 4.52. The van der Waals surface area contributed by atoms with Gasteiger partial charge in [0, 0.05) is 23.6 Å². The third kappa shape index (κ3) is 4.19. The summed E-state index contributed by atoms with van der Waals surface area (Å²) in [6.07, 6.45) is 2.71. The number of H-pyrrole nitrogens is 1. The molecule has 0 unspecified atom stereocenters. The number of aromatic nitrogens is 1. The second-order valence-corrected chi connectivity index (χ2v) is 7.89. The van der Waals surface area contributed by atoms with Crippen molar-refractivity contribution in [3.05, 3.63) is 66.4 Å². The Balaban J connectivity index is 1.57. The Morgan fingerprint density at radius 1 is 1.17 bits per heavy atom. The average molecular weight is 407 g/mol. The summed E-state index contributed by atoms with van der Waals surface area (Å²) in [5.74, 6) is -0.497. The number of ether oxygens (including phenoxy) is 1. The van der Waals surface area contributed by atoms with Gasteiger partial charge in [-0.25, -0.2) is 4.99 Å². The number of fused-ring (bicyclic) bond motifs is 1. The molecule has 0 saturated carbocycles. The van der Waals surface area contributed by atoms with Crippen LogP contribution in [-0.4, -0.2) is 45.8 Å². The molecule has 1 fully saturated rings. The molecule has 3 aromatic rings. The van der Waals surface area contributed by atoms with Gasteiger partial charge in [0.25, 0.3) is 0 Å². The highest BCUT2D eigenvalue weighted by molar-refractivity contribution is 8.15. The van der Waals surface area contributed by atoms with E-state index < -0.39 is 11.2 Å². The Bertz CT molecular complexity index is 1060. The summed E-state index contributed by atoms with van der Waals surface area (Å²) < 4.78 is 4.75. The number of amidine groups is 1. The maximum Gasteiger partial charge on any atom is 0.307 e. The molecule has 2 heterocycles. The Kier molecular flexibility index (Phi) is 5.67. The molecule has 0 radical (unpaired) electrons. The lowest BCUT2D eigenvalue weighted by molar-refractivity contribution is -0.142. The number of carbonyl (C=O) groups excluding carboxylic acids is 2. The fraction of sp³-hybridized carbons (Fsp3) is 0.227. The number of carbonyl (C=O) groups is 2. The number of aliphatic imine (C=N–C) groups is 1. The number of benzene rings is 2. The Morgan fingerprint density at radius 3 is 2.72 bits per heavy atom. The van der Waals surface area contributed by atoms with E-state index >= 15 is 0 Å². The second kappa shape index (κ2) is 8.53. The van der Waals surface area contributed by atoms with Crippen LogP contribution in [0.15, 0.2) is 65.8 Å². The van der Waals surface area contributed by atoms with Crippen molar-refractivity contribution in [3.8, 4) is 0 Å². The molecule has 29 heavy (non-hydrogen) atoms. The molecular weight excluding hydrogens is 386 g/mol. The number of esters is 1. The number of para-hydroxylation sites is 2. The minimum absolute atomic E-state index is 0.0391. The van der Waals surface area contributed by atoms with E-state index in [-0.39, 0.29) is 12.3 Å². The number of amides is 1. The van der Waals surface area contributed by atoms with Crippen molar-refractivity contribution in [1.29, 1.82) is 0 Å². The van der Waals surface area contributed by atoms with Crippen LogP contribution in [0.2, 0.25) is 0 Å². The summed E-state index contributed by atoms with van der Waals surface area (Å²) in [5, 5.41) is 1.27. The number of thioether (sulfide) groups is 1. The van der Waals surface area contributed by atoms with Crippen LogP contribution in [0.3, 0.4) is 0 Å². The van der Waals surface area contributed by atoms with Crippen molar-refractivity contribution in [2.75, 3.05) is 13.7 Å². The molecule has 1 aromatic heterocycles. The molecule has 0 bridgehead atoms. The van der Waals surface area contributed by atoms with Crippen molar-refractivity contribution in [2.24, 2.45) is 4.99 Å². The molecular formula is C22H21N3O3S. The lowest BCUT2D eigenvalue weighted by Crippen LogP contribution is -2.34. The van der Waals surface area contributed by atoms with Gasteiger partial charge in [-0.05, 0) is 30.2 Å². The highest BCUT2D eigenvalue weighted by Gasteiger charge is 2.39. The zero-order valence-corrected chi connectivity index (χ0v) is 16.8. The summed E-state index contributed by atoms with van der Waals surface area (Å²) in [7, 11) is 1.33. The largest absolute Gasteiger partial charge is 0.469 e. The molecule has 4 rings (SSSR count). The molecule has 2 aromatic carbocycles. The molecule has 0 spiro atoms. The van der Waals surface area contributed by atoms with Crippen LogP contribution in [0.25, 0.3) is 10.9 Å². The van der Waals surface area contributed by atoms with Gasteiger partial charge in [0.05, 0.1) is 19.2 Å². The lowest BCUT2D eigenvalue weighted by Gasteiger charge is -2.16. The van der Waals surface area contributed by atoms with Crippen molar-refractivity contribution in [3.63, 3.8) is 0 Å². The zero-order valence-electron chi connectivity index (χ0n) is 16.0. The summed E-state index contributed by atoms with van der Waals surface area (Å²) >= 11 is 1.32. The molecule has 148 valence electrons. The highest BCUT2D eigenvalue weighted by Crippen LogP contribution is 2.32. The number of methoxy groups -OCH3 is 1. The predicted octanol–water partition coefficient (Wildman–Crippen LogP) is 3.91. The highest BCUT2D eigenvalue weighted by atomic mass is 32.2. The van der Waals surface area contributed by atoms with Gasteiger partial charge in [-0.3, -0.25) is 14.5 Å². The van der Waals surface area contributed by atoms with E-state index in [9.17, 15) is 9.59 Å². The van der Waals surface area contributed by atoms with Crippen LogP contribution < -0.4 is 0 Å². The topological polar surface area (TPSA) is 74.8 Å². The molecule has 1 N–H and O–H groups in total. The van der Waals surface area contributed by atoms with Gasteiger partial charge in [-0.15, -0.1) is 0 Å². The van der Waals surface area contributed by atoms with Crippen LogP contribution in [0.5, 0.6) is 0 Å². The van der Waals surface area contributed by atoms with E-state index in [1.807, 2.05) is 54.7 Å². The van der Waals surface area contributed by atoms with Crippen molar-refractivity contribution in [2.45, 2.75) is 18.1 Å². The fourth-order valence-electron chi connectivity index (χ4n) is 3.35. The van der Waals surface area contributed by atoms with Crippen LogP contribution in [0.1, 0.15) is 12.0 Å².